The molecule has 1 unspecified atom stereocenters. The van der Waals surface area contributed by atoms with Crippen LogP contribution in [0.2, 0.25) is 0 Å². The predicted molar refractivity (Wildman–Crippen MR) is 64.6 cm³/mol. The molecule has 0 radical (unpaired) electrons. The number of fused-ring (bicyclic) bond motifs is 1. The van der Waals surface area contributed by atoms with E-state index >= 15 is 0 Å². The monoisotopic (exact) mass is 249 g/mol. The standard InChI is InChI=1S/C11H11N3O2S/c15-11(16)8-2-1-4-14-9(12-13-10(8)14)7-3-5-17-6-7/h1-2,4,7H,3,5-6H2,(H,15,16). The van der Waals surface area contributed by atoms with Gasteiger partial charge >= 0.3 is 5.97 Å². The number of aromatic carboxylic acids is 1. The molecule has 3 rings (SSSR count). The van der Waals surface area contributed by atoms with Gasteiger partial charge in [-0.3, -0.25) is 4.40 Å². The van der Waals surface area contributed by atoms with Crippen molar-refractivity contribution in [3.05, 3.63) is 29.7 Å². The largest absolute Gasteiger partial charge is 0.478 e. The molecule has 6 heteroatoms. The first-order valence-corrected chi connectivity index (χ1v) is 6.57. The number of aromatic nitrogens is 3. The van der Waals surface area contributed by atoms with Crippen molar-refractivity contribution in [2.45, 2.75) is 12.3 Å². The summed E-state index contributed by atoms with van der Waals surface area (Å²) >= 11 is 1.90. The van der Waals surface area contributed by atoms with Crippen molar-refractivity contribution in [2.75, 3.05) is 11.5 Å². The highest BCUT2D eigenvalue weighted by atomic mass is 32.2. The Morgan fingerprint density at radius 2 is 2.41 bits per heavy atom. The van der Waals surface area contributed by atoms with Gasteiger partial charge < -0.3 is 5.11 Å². The predicted octanol–water partition coefficient (Wildman–Crippen LogP) is 1.65. The first-order valence-electron chi connectivity index (χ1n) is 5.42. The Balaban J connectivity index is 2.15. The second-order valence-electron chi connectivity index (χ2n) is 4.04. The maximum atomic E-state index is 11.1. The molecular weight excluding hydrogens is 238 g/mol. The van der Waals surface area contributed by atoms with Crippen molar-refractivity contribution >= 4 is 23.4 Å². The van der Waals surface area contributed by atoms with Crippen LogP contribution in [0.15, 0.2) is 18.3 Å². The second-order valence-corrected chi connectivity index (χ2v) is 5.19. The molecule has 1 atom stereocenters. The van der Waals surface area contributed by atoms with Gasteiger partial charge in [-0.25, -0.2) is 4.79 Å². The fourth-order valence-electron chi connectivity index (χ4n) is 2.12. The van der Waals surface area contributed by atoms with Crippen molar-refractivity contribution in [1.29, 1.82) is 0 Å². The maximum absolute atomic E-state index is 11.1. The lowest BCUT2D eigenvalue weighted by Crippen LogP contribution is -2.05. The van der Waals surface area contributed by atoms with Crippen LogP contribution in [0.1, 0.15) is 28.5 Å². The average molecular weight is 249 g/mol. The normalized spacial score (nSPS) is 19.9. The van der Waals surface area contributed by atoms with E-state index in [0.717, 1.165) is 23.8 Å². The van der Waals surface area contributed by atoms with Gasteiger partial charge in [0.15, 0.2) is 5.65 Å². The maximum Gasteiger partial charge on any atom is 0.339 e. The number of hydrogen-bond acceptors (Lipinski definition) is 4. The second kappa shape index (κ2) is 4.03. The molecule has 1 N–H and O–H groups in total. The first-order chi connectivity index (χ1) is 8.27. The number of thioether (sulfide) groups is 1. The summed E-state index contributed by atoms with van der Waals surface area (Å²) in [5.74, 6) is 2.48. The lowest BCUT2D eigenvalue weighted by Gasteiger charge is -2.05. The molecule has 88 valence electrons. The Hall–Kier alpha value is -1.56. The third kappa shape index (κ3) is 1.68. The molecule has 1 aliphatic rings. The summed E-state index contributed by atoms with van der Waals surface area (Å²) in [6, 6.07) is 3.28. The van der Waals surface area contributed by atoms with Crippen molar-refractivity contribution in [3.63, 3.8) is 0 Å². The molecule has 2 aromatic heterocycles. The zero-order valence-electron chi connectivity index (χ0n) is 9.04. The van der Waals surface area contributed by atoms with Crippen molar-refractivity contribution < 1.29 is 9.90 Å². The third-order valence-electron chi connectivity index (χ3n) is 2.99. The van der Waals surface area contributed by atoms with Gasteiger partial charge in [-0.15, -0.1) is 10.2 Å². The van der Waals surface area contributed by atoms with Gasteiger partial charge in [0, 0.05) is 17.9 Å². The van der Waals surface area contributed by atoms with E-state index < -0.39 is 5.97 Å². The van der Waals surface area contributed by atoms with Crippen LogP contribution in [0.25, 0.3) is 5.65 Å². The highest BCUT2D eigenvalue weighted by molar-refractivity contribution is 7.99. The van der Waals surface area contributed by atoms with Crippen LogP contribution in [0.5, 0.6) is 0 Å². The van der Waals surface area contributed by atoms with Gasteiger partial charge in [0.1, 0.15) is 11.4 Å². The lowest BCUT2D eigenvalue weighted by molar-refractivity contribution is 0.0698. The smallest absolute Gasteiger partial charge is 0.339 e. The van der Waals surface area contributed by atoms with Gasteiger partial charge in [0.25, 0.3) is 0 Å². The molecule has 0 amide bonds. The summed E-state index contributed by atoms with van der Waals surface area (Å²) in [4.78, 5) is 11.1. The zero-order valence-corrected chi connectivity index (χ0v) is 9.85. The summed E-state index contributed by atoms with van der Waals surface area (Å²) in [6.07, 6.45) is 2.92. The van der Waals surface area contributed by atoms with E-state index in [0.29, 0.717) is 11.6 Å². The quantitative estimate of drug-likeness (QED) is 0.876. The molecule has 0 saturated carbocycles. The Labute approximate surface area is 102 Å². The SMILES string of the molecule is O=C(O)c1cccn2c(C3CCSC3)nnc12. The van der Waals surface area contributed by atoms with Crippen LogP contribution in [0.3, 0.4) is 0 Å². The van der Waals surface area contributed by atoms with Gasteiger partial charge in [-0.1, -0.05) is 0 Å². The van der Waals surface area contributed by atoms with E-state index in [1.807, 2.05) is 18.0 Å². The molecule has 1 saturated heterocycles. The van der Waals surface area contributed by atoms with Crippen LogP contribution in [-0.4, -0.2) is 37.2 Å². The Bertz CT molecular complexity index is 575. The van der Waals surface area contributed by atoms with Gasteiger partial charge in [-0.2, -0.15) is 11.8 Å². The van der Waals surface area contributed by atoms with Crippen LogP contribution in [-0.2, 0) is 0 Å². The van der Waals surface area contributed by atoms with Crippen LogP contribution >= 0.6 is 11.8 Å². The fraction of sp³-hybridized carbons (Fsp3) is 0.364. The first kappa shape index (κ1) is 10.6. The van der Waals surface area contributed by atoms with E-state index in [1.54, 1.807) is 16.5 Å². The van der Waals surface area contributed by atoms with E-state index in [-0.39, 0.29) is 5.56 Å². The molecule has 5 nitrogen and oxygen atoms in total. The minimum absolute atomic E-state index is 0.205. The third-order valence-corrected chi connectivity index (χ3v) is 4.15. The fourth-order valence-corrected chi connectivity index (χ4v) is 3.34. The average Bonchev–Trinajstić information content (AvgIpc) is 2.96. The number of hydrogen-bond donors (Lipinski definition) is 1. The Morgan fingerprint density at radius 1 is 1.53 bits per heavy atom. The lowest BCUT2D eigenvalue weighted by atomic mass is 10.1. The molecule has 0 aromatic carbocycles. The number of rotatable bonds is 2. The number of nitrogens with zero attached hydrogens (tertiary/aromatic N) is 3. The minimum Gasteiger partial charge on any atom is -0.478 e. The van der Waals surface area contributed by atoms with Crippen molar-refractivity contribution in [1.82, 2.24) is 14.6 Å². The number of carboxylic acid groups (broad SMARTS) is 1. The minimum atomic E-state index is -0.963. The zero-order chi connectivity index (χ0) is 11.8. The highest BCUT2D eigenvalue weighted by Crippen LogP contribution is 2.31. The molecule has 0 bridgehead atoms. The number of carboxylic acids is 1. The van der Waals surface area contributed by atoms with E-state index in [4.69, 9.17) is 5.11 Å². The molecule has 1 fully saturated rings. The van der Waals surface area contributed by atoms with Gasteiger partial charge in [0.05, 0.1) is 0 Å². The van der Waals surface area contributed by atoms with Crippen LogP contribution in [0.4, 0.5) is 0 Å². The molecule has 0 spiro atoms. The molecule has 3 heterocycles. The molecular formula is C11H11N3O2S. The summed E-state index contributed by atoms with van der Waals surface area (Å²) in [5.41, 5.74) is 0.642. The van der Waals surface area contributed by atoms with Gasteiger partial charge in [0.2, 0.25) is 0 Å². The Morgan fingerprint density at radius 3 is 3.12 bits per heavy atom. The van der Waals surface area contributed by atoms with Crippen LogP contribution < -0.4 is 0 Å². The van der Waals surface area contributed by atoms with Gasteiger partial charge in [-0.05, 0) is 24.3 Å². The molecule has 1 aliphatic heterocycles. The number of pyridine rings is 1. The summed E-state index contributed by atoms with van der Waals surface area (Å²) in [5, 5.41) is 17.2. The van der Waals surface area contributed by atoms with E-state index in [1.165, 1.54) is 0 Å². The Kier molecular flexibility index (Phi) is 2.51. The van der Waals surface area contributed by atoms with E-state index in [9.17, 15) is 4.79 Å². The van der Waals surface area contributed by atoms with Crippen molar-refractivity contribution in [3.8, 4) is 0 Å². The number of carbonyl (C=O) groups is 1. The summed E-state index contributed by atoms with van der Waals surface area (Å²) in [6.45, 7) is 0. The molecule has 17 heavy (non-hydrogen) atoms. The summed E-state index contributed by atoms with van der Waals surface area (Å²) in [7, 11) is 0. The molecule has 2 aromatic rings. The van der Waals surface area contributed by atoms with Crippen LogP contribution in [0, 0.1) is 0 Å². The van der Waals surface area contributed by atoms with E-state index in [2.05, 4.69) is 10.2 Å². The topological polar surface area (TPSA) is 67.5 Å². The highest BCUT2D eigenvalue weighted by Gasteiger charge is 2.23. The van der Waals surface area contributed by atoms with Crippen molar-refractivity contribution in [2.24, 2.45) is 0 Å². The summed E-state index contributed by atoms with van der Waals surface area (Å²) < 4.78 is 1.81. The molecule has 0 aliphatic carbocycles.